The fraction of sp³-hybridized carbons (Fsp3) is 0.500. The topological polar surface area (TPSA) is 58.6 Å². The molecule has 2 aliphatic rings. The molecule has 0 aromatic heterocycles. The predicted octanol–water partition coefficient (Wildman–Crippen LogP) is 1.77. The summed E-state index contributed by atoms with van der Waals surface area (Å²) in [5.74, 6) is 1.50. The van der Waals surface area contributed by atoms with E-state index < -0.39 is 0 Å². The first kappa shape index (κ1) is 15.2. The smallest absolute Gasteiger partial charge is 0.243 e. The van der Waals surface area contributed by atoms with E-state index in [1.54, 1.807) is 23.8 Å². The summed E-state index contributed by atoms with van der Waals surface area (Å²) in [7, 11) is 1.62. The number of rotatable bonds is 4. The Hall–Kier alpha value is -1.69. The maximum atomic E-state index is 12.4. The molecule has 1 aromatic carbocycles. The first-order valence-corrected chi connectivity index (χ1v) is 8.39. The van der Waals surface area contributed by atoms with Crippen molar-refractivity contribution in [2.45, 2.75) is 37.2 Å². The molecule has 22 heavy (non-hydrogen) atoms. The van der Waals surface area contributed by atoms with Gasteiger partial charge in [-0.05, 0) is 31.0 Å². The summed E-state index contributed by atoms with van der Waals surface area (Å²) in [5, 5.41) is 2.94. The lowest BCUT2D eigenvalue weighted by Gasteiger charge is -2.29. The number of nitrogens with one attached hydrogen (secondary N) is 1. The van der Waals surface area contributed by atoms with Crippen LogP contribution in [0.1, 0.15) is 25.3 Å². The largest absolute Gasteiger partial charge is 0.497 e. The summed E-state index contributed by atoms with van der Waals surface area (Å²) in [5.41, 5.74) is 1.01. The maximum Gasteiger partial charge on any atom is 0.243 e. The highest BCUT2D eigenvalue weighted by Gasteiger charge is 2.52. The van der Waals surface area contributed by atoms with Gasteiger partial charge < -0.3 is 15.0 Å². The average Bonchev–Trinajstić information content (AvgIpc) is 3.02. The Balaban J connectivity index is 1.61. The third-order valence-corrected chi connectivity index (χ3v) is 5.88. The van der Waals surface area contributed by atoms with Crippen molar-refractivity contribution < 1.29 is 14.3 Å². The van der Waals surface area contributed by atoms with Crippen molar-refractivity contribution in [2.24, 2.45) is 0 Å². The summed E-state index contributed by atoms with van der Waals surface area (Å²) in [6.45, 7) is 2.52. The van der Waals surface area contributed by atoms with Crippen LogP contribution in [0.5, 0.6) is 5.75 Å². The highest BCUT2D eigenvalue weighted by Crippen LogP contribution is 2.47. The maximum absolute atomic E-state index is 12.4. The van der Waals surface area contributed by atoms with Crippen LogP contribution >= 0.6 is 11.8 Å². The molecule has 0 radical (unpaired) electrons. The molecule has 0 saturated carbocycles. The summed E-state index contributed by atoms with van der Waals surface area (Å²) in [6.07, 6.45) is 1.38. The van der Waals surface area contributed by atoms with E-state index in [2.05, 4.69) is 12.2 Å². The number of carbonyl (C=O) groups is 2. The van der Waals surface area contributed by atoms with Crippen molar-refractivity contribution >= 4 is 23.6 Å². The minimum Gasteiger partial charge on any atom is -0.497 e. The molecule has 2 atom stereocenters. The Morgan fingerprint density at radius 2 is 2.18 bits per heavy atom. The number of ether oxygens (including phenoxy) is 1. The molecule has 2 aliphatic heterocycles. The molecule has 0 aliphatic carbocycles. The van der Waals surface area contributed by atoms with E-state index >= 15 is 0 Å². The molecule has 1 aromatic rings. The number of fused-ring (bicyclic) bond motifs is 1. The summed E-state index contributed by atoms with van der Waals surface area (Å²) >= 11 is 1.71. The Labute approximate surface area is 134 Å². The van der Waals surface area contributed by atoms with E-state index in [9.17, 15) is 9.59 Å². The number of thioether (sulfide) groups is 1. The van der Waals surface area contributed by atoms with Gasteiger partial charge in [0.25, 0.3) is 0 Å². The van der Waals surface area contributed by atoms with E-state index in [4.69, 9.17) is 4.74 Å². The lowest BCUT2D eigenvalue weighted by Crippen LogP contribution is -2.49. The van der Waals surface area contributed by atoms with Crippen LogP contribution in [-0.2, 0) is 16.1 Å². The molecule has 0 bridgehead atoms. The summed E-state index contributed by atoms with van der Waals surface area (Å²) in [6, 6.07) is 7.24. The van der Waals surface area contributed by atoms with Crippen LogP contribution in [0.2, 0.25) is 0 Å². The second-order valence-corrected chi connectivity index (χ2v) is 7.33. The van der Waals surface area contributed by atoms with Crippen molar-refractivity contribution in [2.75, 3.05) is 12.9 Å². The molecule has 3 rings (SSSR count). The molecule has 2 heterocycles. The quantitative estimate of drug-likeness (QED) is 0.918. The highest BCUT2D eigenvalue weighted by molar-refractivity contribution is 8.01. The zero-order valence-corrected chi connectivity index (χ0v) is 13.6. The van der Waals surface area contributed by atoms with Crippen LogP contribution in [0.3, 0.4) is 0 Å². The van der Waals surface area contributed by atoms with Crippen molar-refractivity contribution in [3.05, 3.63) is 29.8 Å². The van der Waals surface area contributed by atoms with E-state index in [1.165, 1.54) is 0 Å². The van der Waals surface area contributed by atoms with Crippen LogP contribution < -0.4 is 10.1 Å². The van der Waals surface area contributed by atoms with Crippen molar-refractivity contribution in [3.63, 3.8) is 0 Å². The van der Waals surface area contributed by atoms with E-state index in [1.807, 2.05) is 24.3 Å². The standard InChI is InChI=1S/C16H20N2O3S/c1-16-8-7-14(19)18(16)13(10-22-16)15(20)17-9-11-3-5-12(21-2)6-4-11/h3-6,13H,7-10H2,1-2H3,(H,17,20)/t13-,16-/m1/s1. The molecule has 2 amide bonds. The van der Waals surface area contributed by atoms with Crippen LogP contribution in [-0.4, -0.2) is 40.5 Å². The number of nitrogens with zero attached hydrogens (tertiary/aromatic N) is 1. The van der Waals surface area contributed by atoms with Gasteiger partial charge in [0, 0.05) is 18.7 Å². The van der Waals surface area contributed by atoms with Crippen LogP contribution in [0.15, 0.2) is 24.3 Å². The van der Waals surface area contributed by atoms with Crippen molar-refractivity contribution in [3.8, 4) is 5.75 Å². The fourth-order valence-electron chi connectivity index (χ4n) is 3.07. The van der Waals surface area contributed by atoms with E-state index in [-0.39, 0.29) is 22.7 Å². The molecule has 6 heteroatoms. The molecule has 2 fully saturated rings. The Morgan fingerprint density at radius 1 is 1.45 bits per heavy atom. The van der Waals surface area contributed by atoms with Gasteiger partial charge in [0.15, 0.2) is 0 Å². The molecule has 118 valence electrons. The van der Waals surface area contributed by atoms with Gasteiger partial charge in [-0.1, -0.05) is 12.1 Å². The lowest BCUT2D eigenvalue weighted by atomic mass is 10.2. The third kappa shape index (κ3) is 2.67. The Kier molecular flexibility index (Phi) is 4.04. The summed E-state index contributed by atoms with van der Waals surface area (Å²) < 4.78 is 5.11. The predicted molar refractivity (Wildman–Crippen MR) is 85.6 cm³/mol. The zero-order valence-electron chi connectivity index (χ0n) is 12.8. The Morgan fingerprint density at radius 3 is 2.86 bits per heavy atom. The SMILES string of the molecule is COc1ccc(CNC(=O)[C@H]2CS[C@]3(C)CCC(=O)N23)cc1. The number of methoxy groups -OCH3 is 1. The van der Waals surface area contributed by atoms with Gasteiger partial charge in [0.2, 0.25) is 11.8 Å². The second kappa shape index (κ2) is 5.83. The number of carbonyl (C=O) groups excluding carboxylic acids is 2. The fourth-order valence-corrected chi connectivity index (χ4v) is 4.50. The van der Waals surface area contributed by atoms with Gasteiger partial charge in [-0.3, -0.25) is 9.59 Å². The van der Waals surface area contributed by atoms with Gasteiger partial charge in [0.05, 0.1) is 12.0 Å². The van der Waals surface area contributed by atoms with Gasteiger partial charge in [-0.15, -0.1) is 11.8 Å². The number of hydrogen-bond acceptors (Lipinski definition) is 4. The first-order chi connectivity index (χ1) is 10.5. The Bertz CT molecular complexity index is 590. The molecular weight excluding hydrogens is 300 g/mol. The van der Waals surface area contributed by atoms with Gasteiger partial charge >= 0.3 is 0 Å². The molecule has 2 saturated heterocycles. The third-order valence-electron chi connectivity index (χ3n) is 4.37. The molecule has 1 N–H and O–H groups in total. The minimum atomic E-state index is -0.344. The zero-order chi connectivity index (χ0) is 15.7. The van der Waals surface area contributed by atoms with Gasteiger partial charge in [-0.25, -0.2) is 0 Å². The van der Waals surface area contributed by atoms with Crippen molar-refractivity contribution in [1.29, 1.82) is 0 Å². The number of hydrogen-bond donors (Lipinski definition) is 1. The second-order valence-electron chi connectivity index (χ2n) is 5.83. The van der Waals surface area contributed by atoms with Gasteiger partial charge in [-0.2, -0.15) is 0 Å². The van der Waals surface area contributed by atoms with Crippen LogP contribution in [0, 0.1) is 0 Å². The lowest BCUT2D eigenvalue weighted by molar-refractivity contribution is -0.138. The van der Waals surface area contributed by atoms with E-state index in [0.717, 1.165) is 17.7 Å². The van der Waals surface area contributed by atoms with Crippen LogP contribution in [0.4, 0.5) is 0 Å². The highest BCUT2D eigenvalue weighted by atomic mass is 32.2. The van der Waals surface area contributed by atoms with Crippen LogP contribution in [0.25, 0.3) is 0 Å². The summed E-state index contributed by atoms with van der Waals surface area (Å²) in [4.78, 5) is 26.1. The molecular formula is C16H20N2O3S. The van der Waals surface area contributed by atoms with Crippen molar-refractivity contribution in [1.82, 2.24) is 10.2 Å². The minimum absolute atomic E-state index is 0.0673. The van der Waals surface area contributed by atoms with E-state index in [0.29, 0.717) is 18.7 Å². The normalized spacial score (nSPS) is 26.9. The first-order valence-electron chi connectivity index (χ1n) is 7.40. The molecule has 5 nitrogen and oxygen atoms in total. The van der Waals surface area contributed by atoms with Gasteiger partial charge in [0.1, 0.15) is 11.8 Å². The average molecular weight is 320 g/mol. The molecule has 0 spiro atoms. The number of amides is 2. The molecule has 0 unspecified atom stereocenters. The monoisotopic (exact) mass is 320 g/mol. The number of benzene rings is 1.